The Morgan fingerprint density at radius 1 is 0.310 bits per heavy atom. The lowest BCUT2D eigenvalue weighted by Crippen LogP contribution is -1.96. The van der Waals surface area contributed by atoms with E-state index in [-0.39, 0.29) is 0 Å². The lowest BCUT2D eigenvalue weighted by atomic mass is 10.0. The van der Waals surface area contributed by atoms with E-state index >= 15 is 0 Å². The van der Waals surface area contributed by atoms with Gasteiger partial charge < -0.3 is 9.13 Å². The van der Waals surface area contributed by atoms with Gasteiger partial charge in [-0.3, -0.25) is 0 Å². The molecule has 2 aromatic heterocycles. The molecule has 2 heteroatoms. The van der Waals surface area contributed by atoms with Crippen LogP contribution in [0.4, 0.5) is 0 Å². The number of fused-ring (bicyclic) bond motifs is 8. The maximum absolute atomic E-state index is 2.47. The fourth-order valence-corrected chi connectivity index (χ4v) is 6.80. The van der Waals surface area contributed by atoms with Crippen LogP contribution in [-0.4, -0.2) is 9.13 Å². The zero-order chi connectivity index (χ0) is 27.6. The highest BCUT2D eigenvalue weighted by molar-refractivity contribution is 6.23. The highest BCUT2D eigenvalue weighted by Crippen LogP contribution is 2.41. The van der Waals surface area contributed by atoms with Crippen molar-refractivity contribution < 1.29 is 0 Å². The van der Waals surface area contributed by atoms with E-state index in [1.807, 2.05) is 0 Å². The van der Waals surface area contributed by atoms with E-state index in [1.54, 1.807) is 0 Å². The number of nitrogens with zero attached hydrogens (tertiary/aromatic N) is 2. The van der Waals surface area contributed by atoms with Crippen LogP contribution in [-0.2, 0) is 0 Å². The SMILES string of the molecule is c1ccc(-c2ccc(-n3c4cc5c(cc4c4ccc6ccccc6c43)c3ccccc3n5-c3ccccc3)cc2)cc1. The molecule has 7 aromatic carbocycles. The number of hydrogen-bond acceptors (Lipinski definition) is 0. The molecule has 0 aliphatic heterocycles. The van der Waals surface area contributed by atoms with Gasteiger partial charge in [0.25, 0.3) is 0 Å². The average molecular weight is 535 g/mol. The molecule has 0 radical (unpaired) electrons. The molecule has 42 heavy (non-hydrogen) atoms. The van der Waals surface area contributed by atoms with Crippen LogP contribution < -0.4 is 0 Å². The van der Waals surface area contributed by atoms with Gasteiger partial charge in [-0.05, 0) is 59.0 Å². The molecule has 196 valence electrons. The molecule has 0 unspecified atom stereocenters. The third-order valence-electron chi connectivity index (χ3n) is 8.69. The summed E-state index contributed by atoms with van der Waals surface area (Å²) in [5.74, 6) is 0. The summed E-state index contributed by atoms with van der Waals surface area (Å²) in [5, 5.41) is 7.60. The lowest BCUT2D eigenvalue weighted by molar-refractivity contribution is 1.17. The molecular weight excluding hydrogens is 508 g/mol. The van der Waals surface area contributed by atoms with Gasteiger partial charge in [-0.2, -0.15) is 0 Å². The van der Waals surface area contributed by atoms with Crippen molar-refractivity contribution in [3.63, 3.8) is 0 Å². The Bertz CT molecular complexity index is 2430. The molecule has 0 N–H and O–H groups in total. The van der Waals surface area contributed by atoms with E-state index in [0.29, 0.717) is 0 Å². The zero-order valence-electron chi connectivity index (χ0n) is 22.9. The van der Waals surface area contributed by atoms with Gasteiger partial charge in [0.05, 0.1) is 22.1 Å². The smallest absolute Gasteiger partial charge is 0.0619 e. The number of hydrogen-bond donors (Lipinski definition) is 0. The summed E-state index contributed by atoms with van der Waals surface area (Å²) < 4.78 is 4.87. The molecule has 0 aliphatic carbocycles. The number of rotatable bonds is 3. The third kappa shape index (κ3) is 3.33. The van der Waals surface area contributed by atoms with Crippen LogP contribution in [0.1, 0.15) is 0 Å². The Hall–Kier alpha value is -5.60. The van der Waals surface area contributed by atoms with Gasteiger partial charge in [0.15, 0.2) is 0 Å². The second kappa shape index (κ2) is 8.95. The van der Waals surface area contributed by atoms with Gasteiger partial charge in [-0.15, -0.1) is 0 Å². The van der Waals surface area contributed by atoms with Gasteiger partial charge >= 0.3 is 0 Å². The van der Waals surface area contributed by atoms with Crippen LogP contribution in [0.15, 0.2) is 158 Å². The van der Waals surface area contributed by atoms with Gasteiger partial charge in [-0.1, -0.05) is 115 Å². The number of benzene rings is 7. The van der Waals surface area contributed by atoms with Crippen LogP contribution in [0.3, 0.4) is 0 Å². The predicted molar refractivity (Wildman–Crippen MR) is 178 cm³/mol. The summed E-state index contributed by atoms with van der Waals surface area (Å²) in [7, 11) is 0. The predicted octanol–water partition coefficient (Wildman–Crippen LogP) is 10.7. The van der Waals surface area contributed by atoms with E-state index in [0.717, 1.165) is 5.69 Å². The van der Waals surface area contributed by atoms with E-state index in [4.69, 9.17) is 0 Å². The fraction of sp³-hybridized carbons (Fsp3) is 0. The quantitative estimate of drug-likeness (QED) is 0.213. The van der Waals surface area contributed by atoms with Crippen molar-refractivity contribution in [3.8, 4) is 22.5 Å². The summed E-state index contributed by atoms with van der Waals surface area (Å²) >= 11 is 0. The minimum atomic E-state index is 1.16. The molecule has 9 rings (SSSR count). The Labute approximate surface area is 243 Å². The first-order chi connectivity index (χ1) is 20.8. The van der Waals surface area contributed by atoms with Crippen LogP contribution in [0.5, 0.6) is 0 Å². The summed E-state index contributed by atoms with van der Waals surface area (Å²) in [6, 6.07) is 57.2. The van der Waals surface area contributed by atoms with Crippen molar-refractivity contribution in [1.82, 2.24) is 9.13 Å². The Balaban J connectivity index is 1.42. The van der Waals surface area contributed by atoms with Crippen molar-refractivity contribution >= 4 is 54.4 Å². The van der Waals surface area contributed by atoms with Crippen molar-refractivity contribution in [3.05, 3.63) is 158 Å². The normalized spacial score (nSPS) is 11.8. The largest absolute Gasteiger partial charge is 0.309 e. The summed E-state index contributed by atoms with van der Waals surface area (Å²) in [4.78, 5) is 0. The molecule has 9 aromatic rings. The first kappa shape index (κ1) is 23.1. The number of para-hydroxylation sites is 2. The maximum atomic E-state index is 2.47. The van der Waals surface area contributed by atoms with Crippen molar-refractivity contribution in [1.29, 1.82) is 0 Å². The molecule has 0 fully saturated rings. The van der Waals surface area contributed by atoms with E-state index in [2.05, 4.69) is 167 Å². The first-order valence-corrected chi connectivity index (χ1v) is 14.5. The molecule has 2 nitrogen and oxygen atoms in total. The van der Waals surface area contributed by atoms with Gasteiger partial charge in [0, 0.05) is 38.3 Å². The second-order valence-corrected chi connectivity index (χ2v) is 11.0. The molecule has 0 saturated carbocycles. The summed E-state index contributed by atoms with van der Waals surface area (Å²) in [6.07, 6.45) is 0. The number of aromatic nitrogens is 2. The fourth-order valence-electron chi connectivity index (χ4n) is 6.80. The first-order valence-electron chi connectivity index (χ1n) is 14.5. The van der Waals surface area contributed by atoms with Crippen LogP contribution >= 0.6 is 0 Å². The molecular formula is C40H26N2. The minimum Gasteiger partial charge on any atom is -0.309 e. The average Bonchev–Trinajstić information content (AvgIpc) is 3.57. The van der Waals surface area contributed by atoms with E-state index < -0.39 is 0 Å². The van der Waals surface area contributed by atoms with Crippen LogP contribution in [0.25, 0.3) is 76.9 Å². The highest BCUT2D eigenvalue weighted by atomic mass is 15.0. The van der Waals surface area contributed by atoms with Crippen molar-refractivity contribution in [2.75, 3.05) is 0 Å². The van der Waals surface area contributed by atoms with Gasteiger partial charge in [0.1, 0.15) is 0 Å². The monoisotopic (exact) mass is 534 g/mol. The van der Waals surface area contributed by atoms with E-state index in [1.165, 1.54) is 71.2 Å². The zero-order valence-corrected chi connectivity index (χ0v) is 22.9. The topological polar surface area (TPSA) is 9.86 Å². The molecule has 0 saturated heterocycles. The Morgan fingerprint density at radius 2 is 0.905 bits per heavy atom. The molecule has 0 bridgehead atoms. The molecule has 0 atom stereocenters. The van der Waals surface area contributed by atoms with Gasteiger partial charge in [-0.25, -0.2) is 0 Å². The van der Waals surface area contributed by atoms with Crippen molar-refractivity contribution in [2.24, 2.45) is 0 Å². The van der Waals surface area contributed by atoms with Crippen LogP contribution in [0.2, 0.25) is 0 Å². The van der Waals surface area contributed by atoms with Crippen LogP contribution in [0, 0.1) is 0 Å². The second-order valence-electron chi connectivity index (χ2n) is 11.0. The molecule has 2 heterocycles. The minimum absolute atomic E-state index is 1.16. The standard InChI is InChI=1S/C40H26N2/c1-3-11-27(12-4-1)28-19-22-31(23-20-28)42-39-26-38-35(25-36(39)34-24-21-29-13-7-8-16-32(29)40(34)42)33-17-9-10-18-37(33)41(38)30-14-5-2-6-15-30/h1-26H. The van der Waals surface area contributed by atoms with E-state index in [9.17, 15) is 0 Å². The lowest BCUT2D eigenvalue weighted by Gasteiger charge is -2.12. The highest BCUT2D eigenvalue weighted by Gasteiger charge is 2.19. The third-order valence-corrected chi connectivity index (χ3v) is 8.69. The molecule has 0 aliphatic rings. The summed E-state index contributed by atoms with van der Waals surface area (Å²) in [5.41, 5.74) is 9.67. The Kier molecular flexibility index (Phi) is 4.93. The maximum Gasteiger partial charge on any atom is 0.0619 e. The summed E-state index contributed by atoms with van der Waals surface area (Å²) in [6.45, 7) is 0. The van der Waals surface area contributed by atoms with Crippen molar-refractivity contribution in [2.45, 2.75) is 0 Å². The molecule has 0 spiro atoms. The van der Waals surface area contributed by atoms with Gasteiger partial charge in [0.2, 0.25) is 0 Å². The molecule has 0 amide bonds. The Morgan fingerprint density at radius 3 is 1.71 bits per heavy atom.